The third kappa shape index (κ3) is 5.25. The van der Waals surface area contributed by atoms with Gasteiger partial charge in [0.25, 0.3) is 5.69 Å². The highest BCUT2D eigenvalue weighted by Gasteiger charge is 2.44. The predicted octanol–water partition coefficient (Wildman–Crippen LogP) is 5.95. The monoisotopic (exact) mass is 473 g/mol. The van der Waals surface area contributed by atoms with Crippen LogP contribution in [0.25, 0.3) is 5.70 Å². The number of carbonyl (C=O) groups is 2. The van der Waals surface area contributed by atoms with Gasteiger partial charge < -0.3 is 9.47 Å². The normalized spacial score (nSPS) is 15.6. The molecular formula is C23H24ClN3O6. The van der Waals surface area contributed by atoms with Gasteiger partial charge in [-0.2, -0.15) is 10.0 Å². The Labute approximate surface area is 196 Å². The van der Waals surface area contributed by atoms with Crippen molar-refractivity contribution in [2.45, 2.75) is 45.9 Å². The Morgan fingerprint density at radius 1 is 0.970 bits per heavy atom. The fourth-order valence-electron chi connectivity index (χ4n) is 3.33. The molecule has 10 heteroatoms. The summed E-state index contributed by atoms with van der Waals surface area (Å²) in [5.41, 5.74) is 1.24. The summed E-state index contributed by atoms with van der Waals surface area (Å²) in [7, 11) is 0. The highest BCUT2D eigenvalue weighted by molar-refractivity contribution is 6.31. The second-order valence-corrected chi connectivity index (χ2v) is 8.25. The first-order chi connectivity index (χ1) is 15.6. The van der Waals surface area contributed by atoms with E-state index in [1.165, 1.54) is 24.3 Å². The maximum Gasteiger partial charge on any atom is 0.434 e. The van der Waals surface area contributed by atoms with E-state index in [0.717, 1.165) is 10.0 Å². The quantitative estimate of drug-likeness (QED) is 0.392. The lowest BCUT2D eigenvalue weighted by atomic mass is 10.0. The van der Waals surface area contributed by atoms with Crippen LogP contribution in [-0.2, 0) is 9.47 Å². The van der Waals surface area contributed by atoms with Crippen LogP contribution in [0, 0.1) is 10.1 Å². The van der Waals surface area contributed by atoms with Gasteiger partial charge in [0.15, 0.2) is 0 Å². The van der Waals surface area contributed by atoms with Crippen molar-refractivity contribution in [3.63, 3.8) is 0 Å². The van der Waals surface area contributed by atoms with Gasteiger partial charge in [0, 0.05) is 22.7 Å². The van der Waals surface area contributed by atoms with Crippen LogP contribution < -0.4 is 0 Å². The topological polar surface area (TPSA) is 102 Å². The molecule has 2 aromatic carbocycles. The van der Waals surface area contributed by atoms with Gasteiger partial charge in [0.05, 0.1) is 22.8 Å². The first-order valence-corrected chi connectivity index (χ1v) is 10.7. The summed E-state index contributed by atoms with van der Waals surface area (Å²) in [5.74, 6) is 0. The smallest absolute Gasteiger partial charge is 0.434 e. The number of halogens is 1. The van der Waals surface area contributed by atoms with Gasteiger partial charge in [-0.1, -0.05) is 29.8 Å². The second kappa shape index (κ2) is 9.91. The van der Waals surface area contributed by atoms with E-state index in [1.54, 1.807) is 58.0 Å². The first kappa shape index (κ1) is 24.1. The van der Waals surface area contributed by atoms with Crippen molar-refractivity contribution in [2.75, 3.05) is 0 Å². The van der Waals surface area contributed by atoms with E-state index < -0.39 is 35.4 Å². The molecule has 1 unspecified atom stereocenters. The van der Waals surface area contributed by atoms with Crippen LogP contribution in [0.15, 0.2) is 54.6 Å². The van der Waals surface area contributed by atoms with E-state index in [4.69, 9.17) is 21.1 Å². The fraction of sp³-hybridized carbons (Fsp3) is 0.304. The largest absolute Gasteiger partial charge is 0.445 e. The maximum atomic E-state index is 13.2. The van der Waals surface area contributed by atoms with Gasteiger partial charge in [-0.05, 0) is 57.5 Å². The van der Waals surface area contributed by atoms with Crippen molar-refractivity contribution in [3.8, 4) is 0 Å². The van der Waals surface area contributed by atoms with Gasteiger partial charge in [0.2, 0.25) is 0 Å². The molecule has 0 spiro atoms. The number of nitro groups is 1. The molecule has 0 fully saturated rings. The van der Waals surface area contributed by atoms with Crippen LogP contribution >= 0.6 is 11.6 Å². The van der Waals surface area contributed by atoms with E-state index in [2.05, 4.69) is 0 Å². The Bertz CT molecular complexity index is 1080. The third-order valence-electron chi connectivity index (χ3n) is 4.65. The number of hydrogen-bond donors (Lipinski definition) is 0. The molecular weight excluding hydrogens is 450 g/mol. The zero-order chi connectivity index (χ0) is 24.3. The molecule has 0 bridgehead atoms. The van der Waals surface area contributed by atoms with Crippen molar-refractivity contribution in [1.82, 2.24) is 10.0 Å². The Balaban J connectivity index is 2.17. The van der Waals surface area contributed by atoms with Crippen LogP contribution in [0.1, 0.15) is 44.9 Å². The summed E-state index contributed by atoms with van der Waals surface area (Å²) in [6.45, 7) is 6.76. The van der Waals surface area contributed by atoms with Crippen molar-refractivity contribution in [3.05, 3.63) is 80.9 Å². The summed E-state index contributed by atoms with van der Waals surface area (Å²) in [6, 6.07) is 11.8. The Morgan fingerprint density at radius 2 is 1.55 bits per heavy atom. The number of benzene rings is 2. The molecule has 3 rings (SSSR count). The molecule has 1 atom stereocenters. The van der Waals surface area contributed by atoms with E-state index in [0.29, 0.717) is 21.8 Å². The minimum absolute atomic E-state index is 0.104. The number of nitro benzene ring substituents is 1. The number of carbonyl (C=O) groups excluding carboxylic acids is 2. The molecule has 33 heavy (non-hydrogen) atoms. The Kier molecular flexibility index (Phi) is 7.23. The van der Waals surface area contributed by atoms with E-state index >= 15 is 0 Å². The molecule has 0 aromatic heterocycles. The van der Waals surface area contributed by atoms with Crippen molar-refractivity contribution in [1.29, 1.82) is 0 Å². The fourth-order valence-corrected chi connectivity index (χ4v) is 3.58. The van der Waals surface area contributed by atoms with Gasteiger partial charge in [-0.25, -0.2) is 9.59 Å². The molecule has 0 saturated carbocycles. The molecule has 1 heterocycles. The van der Waals surface area contributed by atoms with Crippen molar-refractivity contribution >= 4 is 35.2 Å². The van der Waals surface area contributed by atoms with Crippen molar-refractivity contribution in [2.24, 2.45) is 0 Å². The Hall–Kier alpha value is -3.59. The van der Waals surface area contributed by atoms with E-state index in [-0.39, 0.29) is 5.69 Å². The number of hydrogen-bond acceptors (Lipinski definition) is 6. The summed E-state index contributed by atoms with van der Waals surface area (Å²) < 4.78 is 10.8. The zero-order valence-electron chi connectivity index (χ0n) is 18.6. The maximum absolute atomic E-state index is 13.2. The molecule has 2 amide bonds. The number of non-ortho nitro benzene ring substituents is 1. The van der Waals surface area contributed by atoms with Gasteiger partial charge >= 0.3 is 12.2 Å². The lowest BCUT2D eigenvalue weighted by Crippen LogP contribution is -2.47. The van der Waals surface area contributed by atoms with Crippen LogP contribution in [0.5, 0.6) is 0 Å². The average Bonchev–Trinajstić information content (AvgIpc) is 3.14. The van der Waals surface area contributed by atoms with Crippen LogP contribution in [0.4, 0.5) is 15.3 Å². The standard InChI is InChI=1S/C23H24ClN3O6/c1-14(2)32-22(28)25-20(16-9-11-17(12-10-16)27(30)31)13-21(18-7-5-6-8-19(18)24)26(25)23(29)33-15(3)4/h5-15,21H,1-4H3. The summed E-state index contributed by atoms with van der Waals surface area (Å²) in [4.78, 5) is 36.9. The molecule has 174 valence electrons. The molecule has 2 aromatic rings. The Morgan fingerprint density at radius 3 is 2.09 bits per heavy atom. The van der Waals surface area contributed by atoms with Crippen LogP contribution in [0.2, 0.25) is 5.02 Å². The number of hydrazine groups is 1. The van der Waals surface area contributed by atoms with Crippen LogP contribution in [0.3, 0.4) is 0 Å². The zero-order valence-corrected chi connectivity index (χ0v) is 19.4. The molecule has 0 aliphatic carbocycles. The minimum atomic E-state index is -0.801. The SMILES string of the molecule is CC(C)OC(=O)N1C(c2ccc([N+](=O)[O-])cc2)=CC(c2ccccc2Cl)N1C(=O)OC(C)C. The number of nitrogens with zero attached hydrogens (tertiary/aromatic N) is 3. The first-order valence-electron chi connectivity index (χ1n) is 10.3. The molecule has 0 saturated heterocycles. The number of rotatable bonds is 5. The van der Waals surface area contributed by atoms with Crippen LogP contribution in [-0.4, -0.2) is 39.3 Å². The van der Waals surface area contributed by atoms with E-state index in [9.17, 15) is 19.7 Å². The van der Waals surface area contributed by atoms with E-state index in [1.807, 2.05) is 0 Å². The third-order valence-corrected chi connectivity index (χ3v) is 5.00. The number of amides is 2. The average molecular weight is 474 g/mol. The molecule has 1 aliphatic heterocycles. The van der Waals surface area contributed by atoms with Gasteiger partial charge in [0.1, 0.15) is 6.04 Å². The van der Waals surface area contributed by atoms with Gasteiger partial charge in [-0.3, -0.25) is 10.1 Å². The molecule has 9 nitrogen and oxygen atoms in total. The minimum Gasteiger partial charge on any atom is -0.445 e. The molecule has 0 radical (unpaired) electrons. The summed E-state index contributed by atoms with van der Waals surface area (Å²) in [5, 5.41) is 13.7. The number of ether oxygens (including phenoxy) is 2. The van der Waals surface area contributed by atoms with Gasteiger partial charge in [-0.15, -0.1) is 0 Å². The summed E-state index contributed by atoms with van der Waals surface area (Å²) >= 11 is 6.42. The molecule has 0 N–H and O–H groups in total. The lowest BCUT2D eigenvalue weighted by molar-refractivity contribution is -0.384. The molecule has 1 aliphatic rings. The highest BCUT2D eigenvalue weighted by atomic mass is 35.5. The lowest BCUT2D eigenvalue weighted by Gasteiger charge is -2.33. The highest BCUT2D eigenvalue weighted by Crippen LogP contribution is 2.41. The predicted molar refractivity (Wildman–Crippen MR) is 122 cm³/mol. The summed E-state index contributed by atoms with van der Waals surface area (Å²) in [6.07, 6.45) is -0.812. The second-order valence-electron chi connectivity index (χ2n) is 7.84. The van der Waals surface area contributed by atoms with Crippen molar-refractivity contribution < 1.29 is 24.0 Å².